The molecule has 0 saturated carbocycles. The van der Waals surface area contributed by atoms with E-state index in [-0.39, 0.29) is 18.3 Å². The fourth-order valence-corrected chi connectivity index (χ4v) is 2.94. The van der Waals surface area contributed by atoms with Crippen LogP contribution in [0.15, 0.2) is 64.7 Å². The summed E-state index contributed by atoms with van der Waals surface area (Å²) in [7, 11) is 0. The lowest BCUT2D eigenvalue weighted by molar-refractivity contribution is -0.118. The SMILES string of the molecule is CCCC1=NN(c2ccc(F)cc2)C(=O)[C@@H]1C=NC[C@@H](O)c1ccccc1. The number of nitrogens with zero attached hydrogens (tertiary/aromatic N) is 3. The second-order valence-corrected chi connectivity index (χ2v) is 6.39. The van der Waals surface area contributed by atoms with Crippen molar-refractivity contribution in [1.29, 1.82) is 0 Å². The molecule has 27 heavy (non-hydrogen) atoms. The number of hydrogen-bond donors (Lipinski definition) is 1. The number of aliphatic imine (C=N–C) groups is 1. The zero-order chi connectivity index (χ0) is 19.2. The van der Waals surface area contributed by atoms with Crippen molar-refractivity contribution in [2.24, 2.45) is 16.0 Å². The Kier molecular flexibility index (Phi) is 6.08. The summed E-state index contributed by atoms with van der Waals surface area (Å²) in [4.78, 5) is 17.1. The molecule has 140 valence electrons. The Balaban J connectivity index is 1.72. The zero-order valence-corrected chi connectivity index (χ0v) is 15.1. The summed E-state index contributed by atoms with van der Waals surface area (Å²) in [5.74, 6) is -1.14. The number of halogens is 1. The van der Waals surface area contributed by atoms with E-state index in [2.05, 4.69) is 10.1 Å². The molecule has 1 N–H and O–H groups in total. The average molecular weight is 367 g/mol. The average Bonchev–Trinajstić information content (AvgIpc) is 2.99. The Morgan fingerprint density at radius 1 is 1.22 bits per heavy atom. The van der Waals surface area contributed by atoms with Crippen LogP contribution in [0, 0.1) is 11.7 Å². The molecule has 5 nitrogen and oxygen atoms in total. The number of carbonyl (C=O) groups excluding carboxylic acids is 1. The van der Waals surface area contributed by atoms with Gasteiger partial charge in [0.2, 0.25) is 0 Å². The van der Waals surface area contributed by atoms with Crippen molar-refractivity contribution in [2.45, 2.75) is 25.9 Å². The van der Waals surface area contributed by atoms with Gasteiger partial charge < -0.3 is 5.11 Å². The Morgan fingerprint density at radius 2 is 1.93 bits per heavy atom. The van der Waals surface area contributed by atoms with Crippen molar-refractivity contribution in [1.82, 2.24) is 0 Å². The quantitative estimate of drug-likeness (QED) is 0.758. The van der Waals surface area contributed by atoms with E-state index in [1.807, 2.05) is 37.3 Å². The van der Waals surface area contributed by atoms with Crippen LogP contribution >= 0.6 is 0 Å². The highest BCUT2D eigenvalue weighted by Gasteiger charge is 2.34. The monoisotopic (exact) mass is 367 g/mol. The van der Waals surface area contributed by atoms with Crippen molar-refractivity contribution >= 4 is 23.5 Å². The topological polar surface area (TPSA) is 65.3 Å². The maximum Gasteiger partial charge on any atom is 0.261 e. The van der Waals surface area contributed by atoms with Crippen LogP contribution in [0.4, 0.5) is 10.1 Å². The van der Waals surface area contributed by atoms with Crippen LogP contribution in [0.5, 0.6) is 0 Å². The van der Waals surface area contributed by atoms with E-state index < -0.39 is 12.0 Å². The van der Waals surface area contributed by atoms with E-state index in [0.29, 0.717) is 12.1 Å². The summed E-state index contributed by atoms with van der Waals surface area (Å²) in [5.41, 5.74) is 2.03. The van der Waals surface area contributed by atoms with Gasteiger partial charge in [-0.3, -0.25) is 9.79 Å². The first-order valence-corrected chi connectivity index (χ1v) is 9.00. The Bertz CT molecular complexity index is 834. The highest BCUT2D eigenvalue weighted by atomic mass is 19.1. The number of carbonyl (C=O) groups is 1. The van der Waals surface area contributed by atoms with Crippen LogP contribution in [-0.2, 0) is 4.79 Å². The molecule has 6 heteroatoms. The summed E-state index contributed by atoms with van der Waals surface area (Å²) in [6.07, 6.45) is 2.35. The molecule has 0 aromatic heterocycles. The number of rotatable bonds is 7. The first-order chi connectivity index (χ1) is 13.1. The molecule has 1 amide bonds. The third kappa shape index (κ3) is 4.46. The molecule has 1 aliphatic rings. The van der Waals surface area contributed by atoms with E-state index in [0.717, 1.165) is 17.7 Å². The van der Waals surface area contributed by atoms with Gasteiger partial charge in [-0.25, -0.2) is 4.39 Å². The molecule has 0 fully saturated rings. The Morgan fingerprint density at radius 3 is 2.59 bits per heavy atom. The van der Waals surface area contributed by atoms with Gasteiger partial charge in [-0.15, -0.1) is 0 Å². The normalized spacial score (nSPS) is 18.2. The van der Waals surface area contributed by atoms with Gasteiger partial charge in [-0.1, -0.05) is 43.7 Å². The first-order valence-electron chi connectivity index (χ1n) is 9.00. The molecule has 0 spiro atoms. The van der Waals surface area contributed by atoms with Crippen LogP contribution in [0.2, 0.25) is 0 Å². The number of anilines is 1. The second kappa shape index (κ2) is 8.68. The third-order valence-electron chi connectivity index (χ3n) is 4.36. The predicted octanol–water partition coefficient (Wildman–Crippen LogP) is 3.75. The van der Waals surface area contributed by atoms with Crippen LogP contribution in [0.25, 0.3) is 0 Å². The van der Waals surface area contributed by atoms with Crippen molar-refractivity contribution in [2.75, 3.05) is 11.6 Å². The summed E-state index contributed by atoms with van der Waals surface area (Å²) < 4.78 is 13.1. The molecule has 0 saturated heterocycles. The minimum Gasteiger partial charge on any atom is -0.386 e. The Hall–Kier alpha value is -2.86. The third-order valence-corrected chi connectivity index (χ3v) is 4.36. The maximum atomic E-state index is 13.1. The molecular weight excluding hydrogens is 345 g/mol. The van der Waals surface area contributed by atoms with Gasteiger partial charge in [0.15, 0.2) is 0 Å². The van der Waals surface area contributed by atoms with Crippen molar-refractivity contribution in [3.05, 3.63) is 66.0 Å². The van der Waals surface area contributed by atoms with Gasteiger partial charge in [-0.2, -0.15) is 10.1 Å². The van der Waals surface area contributed by atoms with Gasteiger partial charge in [0, 0.05) is 6.21 Å². The minimum absolute atomic E-state index is 0.170. The van der Waals surface area contributed by atoms with Gasteiger partial charge in [-0.05, 0) is 36.2 Å². The van der Waals surface area contributed by atoms with Crippen molar-refractivity contribution < 1.29 is 14.3 Å². The molecule has 0 aliphatic carbocycles. The van der Waals surface area contributed by atoms with E-state index in [1.54, 1.807) is 6.21 Å². The smallest absolute Gasteiger partial charge is 0.261 e. The standard InChI is InChI=1S/C21H22FN3O2/c1-2-6-19-18(13-23-14-20(26)15-7-4-3-5-8-15)21(27)25(24-19)17-11-9-16(22)10-12-17/h3-5,7-13,18,20,26H,2,6,14H2,1H3/t18-,20-/m1/s1. The molecule has 0 radical (unpaired) electrons. The summed E-state index contributed by atoms with van der Waals surface area (Å²) >= 11 is 0. The van der Waals surface area contributed by atoms with E-state index >= 15 is 0 Å². The molecule has 3 rings (SSSR count). The van der Waals surface area contributed by atoms with Crippen LogP contribution in [-0.4, -0.2) is 29.5 Å². The molecule has 2 atom stereocenters. The number of hydrazone groups is 1. The zero-order valence-electron chi connectivity index (χ0n) is 15.1. The van der Waals surface area contributed by atoms with E-state index in [4.69, 9.17) is 0 Å². The van der Waals surface area contributed by atoms with Gasteiger partial charge in [0.1, 0.15) is 11.7 Å². The molecule has 0 bridgehead atoms. The number of hydrogen-bond acceptors (Lipinski definition) is 4. The second-order valence-electron chi connectivity index (χ2n) is 6.39. The van der Waals surface area contributed by atoms with E-state index in [1.165, 1.54) is 29.3 Å². The lowest BCUT2D eigenvalue weighted by atomic mass is 10.0. The maximum absolute atomic E-state index is 13.1. The fraction of sp³-hybridized carbons (Fsp3) is 0.286. The lowest BCUT2D eigenvalue weighted by Gasteiger charge is -2.12. The molecule has 1 heterocycles. The highest BCUT2D eigenvalue weighted by molar-refractivity contribution is 6.24. The van der Waals surface area contributed by atoms with Gasteiger partial charge in [0.25, 0.3) is 5.91 Å². The summed E-state index contributed by atoms with van der Waals surface area (Å²) in [6, 6.07) is 14.9. The van der Waals surface area contributed by atoms with E-state index in [9.17, 15) is 14.3 Å². The first kappa shape index (κ1) is 18.9. The summed E-state index contributed by atoms with van der Waals surface area (Å²) in [6.45, 7) is 2.19. The number of aliphatic hydroxyl groups is 1. The number of aliphatic hydroxyl groups excluding tert-OH is 1. The summed E-state index contributed by atoms with van der Waals surface area (Å²) in [5, 5.41) is 15.9. The van der Waals surface area contributed by atoms with Crippen LogP contribution in [0.3, 0.4) is 0 Å². The number of benzene rings is 2. The van der Waals surface area contributed by atoms with Crippen LogP contribution < -0.4 is 5.01 Å². The van der Waals surface area contributed by atoms with Crippen molar-refractivity contribution in [3.63, 3.8) is 0 Å². The molecule has 0 unspecified atom stereocenters. The molecular formula is C21H22FN3O2. The predicted molar refractivity (Wildman–Crippen MR) is 104 cm³/mol. The molecule has 1 aliphatic heterocycles. The largest absolute Gasteiger partial charge is 0.386 e. The molecule has 2 aromatic rings. The Labute approximate surface area is 157 Å². The van der Waals surface area contributed by atoms with Crippen LogP contribution in [0.1, 0.15) is 31.4 Å². The fourth-order valence-electron chi connectivity index (χ4n) is 2.94. The van der Waals surface area contributed by atoms with Gasteiger partial charge in [0.05, 0.1) is 24.0 Å². The number of amides is 1. The lowest BCUT2D eigenvalue weighted by Crippen LogP contribution is -2.28. The minimum atomic E-state index is -0.723. The van der Waals surface area contributed by atoms with Gasteiger partial charge >= 0.3 is 0 Å². The van der Waals surface area contributed by atoms with Crippen molar-refractivity contribution in [3.8, 4) is 0 Å². The highest BCUT2D eigenvalue weighted by Crippen LogP contribution is 2.25. The molecule has 2 aromatic carbocycles.